The second kappa shape index (κ2) is 9.60. The number of fused-ring (bicyclic) bond motifs is 1. The number of aromatic nitrogens is 4. The normalized spacial score (nSPS) is 14.6. The van der Waals surface area contributed by atoms with E-state index < -0.39 is 0 Å². The van der Waals surface area contributed by atoms with Crippen LogP contribution in [0.4, 0.5) is 5.69 Å². The Labute approximate surface area is 213 Å². The highest BCUT2D eigenvalue weighted by Gasteiger charge is 2.28. The minimum atomic E-state index is -0.387. The lowest BCUT2D eigenvalue weighted by Crippen LogP contribution is -2.48. The smallest absolute Gasteiger partial charge is 0.295 e. The second-order valence-corrected chi connectivity index (χ2v) is 9.26. The molecule has 0 unspecified atom stereocenters. The molecule has 0 radical (unpaired) electrons. The number of anilines is 1. The van der Waals surface area contributed by atoms with E-state index in [1.807, 2.05) is 36.4 Å². The Morgan fingerprint density at radius 1 is 0.806 bits per heavy atom. The number of piperazine rings is 1. The summed E-state index contributed by atoms with van der Waals surface area (Å²) in [6.45, 7) is 3.15. The fourth-order valence-corrected chi connectivity index (χ4v) is 5.19. The van der Waals surface area contributed by atoms with Gasteiger partial charge in [0.1, 0.15) is 5.02 Å². The van der Waals surface area contributed by atoms with Gasteiger partial charge < -0.3 is 9.88 Å². The first-order chi connectivity index (χ1) is 17.7. The molecule has 0 aliphatic carbocycles. The van der Waals surface area contributed by atoms with Gasteiger partial charge in [-0.25, -0.2) is 4.98 Å². The molecule has 0 saturated carbocycles. The van der Waals surface area contributed by atoms with E-state index in [0.29, 0.717) is 11.6 Å². The fourth-order valence-electron chi connectivity index (χ4n) is 4.94. The molecule has 180 valence electrons. The fraction of sp³-hybridized carbons (Fsp3) is 0.179. The van der Waals surface area contributed by atoms with Crippen LogP contribution in [0.2, 0.25) is 5.02 Å². The number of hydrogen-bond acceptors (Lipinski definition) is 5. The van der Waals surface area contributed by atoms with Gasteiger partial charge in [0.15, 0.2) is 0 Å². The van der Waals surface area contributed by atoms with Gasteiger partial charge in [0.05, 0.1) is 29.0 Å². The molecule has 7 nitrogen and oxygen atoms in total. The summed E-state index contributed by atoms with van der Waals surface area (Å²) >= 11 is 6.60. The Balaban J connectivity index is 1.24. The van der Waals surface area contributed by atoms with Gasteiger partial charge in [-0.3, -0.25) is 9.69 Å². The number of H-pyrrole nitrogens is 1. The molecule has 1 fully saturated rings. The Bertz CT molecular complexity index is 1470. The zero-order valence-corrected chi connectivity index (χ0v) is 20.3. The largest absolute Gasteiger partial charge is 0.366 e. The number of aromatic amines is 1. The van der Waals surface area contributed by atoms with Crippen molar-refractivity contribution >= 4 is 28.3 Å². The number of hydrogen-bond donors (Lipinski definition) is 1. The zero-order chi connectivity index (χ0) is 24.5. The molecule has 0 amide bonds. The number of para-hydroxylation sites is 2. The average molecular weight is 497 g/mol. The van der Waals surface area contributed by atoms with Crippen molar-refractivity contribution in [3.63, 3.8) is 0 Å². The third-order valence-electron chi connectivity index (χ3n) is 6.73. The highest BCUT2D eigenvalue weighted by atomic mass is 35.5. The third kappa shape index (κ3) is 4.17. The monoisotopic (exact) mass is 496 g/mol. The van der Waals surface area contributed by atoms with Gasteiger partial charge in [-0.2, -0.15) is 9.78 Å². The summed E-state index contributed by atoms with van der Waals surface area (Å²) in [5, 5.41) is 4.55. The Kier molecular flexibility index (Phi) is 6.01. The molecular formula is C28H25ClN6O. The molecule has 0 spiro atoms. The Hall–Kier alpha value is -3.94. The van der Waals surface area contributed by atoms with Gasteiger partial charge in [0.25, 0.3) is 5.56 Å². The van der Waals surface area contributed by atoms with Crippen LogP contribution < -0.4 is 10.5 Å². The quantitative estimate of drug-likeness (QED) is 0.383. The van der Waals surface area contributed by atoms with Crippen LogP contribution in [0.15, 0.2) is 95.9 Å². The van der Waals surface area contributed by atoms with E-state index in [4.69, 9.17) is 11.6 Å². The summed E-state index contributed by atoms with van der Waals surface area (Å²) in [5.41, 5.74) is 4.41. The maximum atomic E-state index is 13.1. The topological polar surface area (TPSA) is 70.1 Å². The van der Waals surface area contributed by atoms with Crippen molar-refractivity contribution in [3.05, 3.63) is 118 Å². The standard InChI is InChI=1S/C28H25ClN6O/c29-25-24(19-30-35(27(25)36)28-31-22-13-7-8-14-23(22)32-28)33-15-17-34(18-16-33)26(20-9-3-1-4-10-20)21-11-5-2-6-12-21/h1-14,19,26H,15-18H2,(H,31,32). The molecule has 0 atom stereocenters. The molecule has 36 heavy (non-hydrogen) atoms. The van der Waals surface area contributed by atoms with Gasteiger partial charge in [0.2, 0.25) is 5.95 Å². The zero-order valence-electron chi connectivity index (χ0n) is 19.6. The maximum absolute atomic E-state index is 13.1. The van der Waals surface area contributed by atoms with E-state index in [1.165, 1.54) is 15.8 Å². The number of nitrogens with zero attached hydrogens (tertiary/aromatic N) is 5. The number of benzene rings is 3. The SMILES string of the molecule is O=c1c(Cl)c(N2CCN(C(c3ccccc3)c3ccccc3)CC2)cnn1-c1nc2ccccc2[nH]1. The van der Waals surface area contributed by atoms with Crippen molar-refractivity contribution in [1.29, 1.82) is 0 Å². The lowest BCUT2D eigenvalue weighted by atomic mass is 9.96. The van der Waals surface area contributed by atoms with Crippen LogP contribution in [0.5, 0.6) is 0 Å². The van der Waals surface area contributed by atoms with Crippen molar-refractivity contribution in [2.24, 2.45) is 0 Å². The van der Waals surface area contributed by atoms with Crippen molar-refractivity contribution in [1.82, 2.24) is 24.6 Å². The molecule has 1 aliphatic heterocycles. The van der Waals surface area contributed by atoms with Crippen LogP contribution in [0.1, 0.15) is 17.2 Å². The molecule has 6 rings (SSSR count). The lowest BCUT2D eigenvalue weighted by molar-refractivity contribution is 0.212. The van der Waals surface area contributed by atoms with E-state index in [9.17, 15) is 4.79 Å². The summed E-state index contributed by atoms with van der Waals surface area (Å²) in [4.78, 5) is 25.4. The first kappa shape index (κ1) is 22.5. The predicted octanol–water partition coefficient (Wildman–Crippen LogP) is 4.67. The minimum Gasteiger partial charge on any atom is -0.366 e. The highest BCUT2D eigenvalue weighted by Crippen LogP contribution is 2.31. The average Bonchev–Trinajstić information content (AvgIpc) is 3.36. The molecule has 1 saturated heterocycles. The van der Waals surface area contributed by atoms with E-state index in [-0.39, 0.29) is 16.6 Å². The van der Waals surface area contributed by atoms with E-state index in [1.54, 1.807) is 6.20 Å². The third-order valence-corrected chi connectivity index (χ3v) is 7.08. The predicted molar refractivity (Wildman–Crippen MR) is 143 cm³/mol. The molecule has 5 aromatic rings. The van der Waals surface area contributed by atoms with E-state index >= 15 is 0 Å². The summed E-state index contributed by atoms with van der Waals surface area (Å²) in [6, 6.07) is 29.0. The second-order valence-electron chi connectivity index (χ2n) is 8.89. The van der Waals surface area contributed by atoms with E-state index in [0.717, 1.165) is 37.2 Å². The van der Waals surface area contributed by atoms with Crippen LogP contribution in [0, 0.1) is 0 Å². The van der Waals surface area contributed by atoms with Gasteiger partial charge in [-0.1, -0.05) is 84.4 Å². The lowest BCUT2D eigenvalue weighted by Gasteiger charge is -2.40. The summed E-state index contributed by atoms with van der Waals surface area (Å²) in [6.07, 6.45) is 1.67. The van der Waals surface area contributed by atoms with Crippen LogP contribution in [0.25, 0.3) is 17.0 Å². The van der Waals surface area contributed by atoms with Crippen LogP contribution in [-0.2, 0) is 0 Å². The first-order valence-electron chi connectivity index (χ1n) is 12.0. The van der Waals surface area contributed by atoms with Crippen molar-refractivity contribution < 1.29 is 0 Å². The summed E-state index contributed by atoms with van der Waals surface area (Å²) in [7, 11) is 0. The number of halogens is 1. The Morgan fingerprint density at radius 2 is 1.42 bits per heavy atom. The molecular weight excluding hydrogens is 472 g/mol. The molecule has 0 bridgehead atoms. The van der Waals surface area contributed by atoms with Crippen molar-refractivity contribution in [3.8, 4) is 5.95 Å². The van der Waals surface area contributed by atoms with Crippen molar-refractivity contribution in [2.45, 2.75) is 6.04 Å². The van der Waals surface area contributed by atoms with Crippen LogP contribution >= 0.6 is 11.6 Å². The molecule has 3 heterocycles. The van der Waals surface area contributed by atoms with Crippen LogP contribution in [-0.4, -0.2) is 50.8 Å². The molecule has 1 N–H and O–H groups in total. The summed E-state index contributed by atoms with van der Waals surface area (Å²) in [5.74, 6) is 0.355. The molecule has 1 aliphatic rings. The first-order valence-corrected chi connectivity index (χ1v) is 12.4. The van der Waals surface area contributed by atoms with E-state index in [2.05, 4.69) is 73.4 Å². The van der Waals surface area contributed by atoms with Gasteiger partial charge in [-0.15, -0.1) is 0 Å². The van der Waals surface area contributed by atoms with Gasteiger partial charge in [-0.05, 0) is 23.3 Å². The minimum absolute atomic E-state index is 0.154. The van der Waals surface area contributed by atoms with Crippen molar-refractivity contribution in [2.75, 3.05) is 31.1 Å². The molecule has 2 aromatic heterocycles. The van der Waals surface area contributed by atoms with Gasteiger partial charge in [0, 0.05) is 26.2 Å². The number of rotatable bonds is 5. The molecule has 8 heteroatoms. The number of nitrogens with one attached hydrogen (secondary N) is 1. The molecule has 3 aromatic carbocycles. The Morgan fingerprint density at radius 3 is 2.06 bits per heavy atom. The summed E-state index contributed by atoms with van der Waals surface area (Å²) < 4.78 is 1.23. The van der Waals surface area contributed by atoms with Crippen LogP contribution in [0.3, 0.4) is 0 Å². The van der Waals surface area contributed by atoms with Gasteiger partial charge >= 0.3 is 0 Å². The number of imidazole rings is 1. The maximum Gasteiger partial charge on any atom is 0.295 e. The highest BCUT2D eigenvalue weighted by molar-refractivity contribution is 6.33.